The summed E-state index contributed by atoms with van der Waals surface area (Å²) in [5.41, 5.74) is 4.17. The van der Waals surface area contributed by atoms with E-state index in [9.17, 15) is 4.79 Å². The molecule has 0 aromatic heterocycles. The number of aldehydes is 1. The van der Waals surface area contributed by atoms with E-state index >= 15 is 0 Å². The average Bonchev–Trinajstić information content (AvgIpc) is 2.40. The SMILES string of the molecule is C.C.C.C=C[Si](C)(C)CCCC#N.C=C[Si](C)(C)CCCC=O.O. The number of carbonyl (C=O) groups is 1. The van der Waals surface area contributed by atoms with Crippen molar-refractivity contribution < 1.29 is 10.3 Å². The minimum atomic E-state index is -1.11. The molecule has 0 saturated carbocycles. The van der Waals surface area contributed by atoms with E-state index in [2.05, 4.69) is 56.8 Å². The molecule has 2 N–H and O–H groups in total. The number of nitrogens with zero attached hydrogens (tertiary/aromatic N) is 1. The summed E-state index contributed by atoms with van der Waals surface area (Å²) in [6, 6.07) is 4.54. The second-order valence-corrected chi connectivity index (χ2v) is 16.2. The quantitative estimate of drug-likeness (QED) is 0.273. The van der Waals surface area contributed by atoms with Gasteiger partial charge in [0.2, 0.25) is 0 Å². The number of hydrogen-bond donors (Lipinski definition) is 0. The van der Waals surface area contributed by atoms with E-state index in [4.69, 9.17) is 5.26 Å². The van der Waals surface area contributed by atoms with E-state index in [1.807, 2.05) is 0 Å². The minimum absolute atomic E-state index is 0. The summed E-state index contributed by atoms with van der Waals surface area (Å²) in [7, 11) is -2.21. The summed E-state index contributed by atoms with van der Waals surface area (Å²) in [6.45, 7) is 16.7. The van der Waals surface area contributed by atoms with Gasteiger partial charge in [-0.1, -0.05) is 60.6 Å². The Bertz CT molecular complexity index is 335. The highest BCUT2D eigenvalue weighted by Gasteiger charge is 2.14. The lowest BCUT2D eigenvalue weighted by Crippen LogP contribution is -2.21. The molecule has 0 aliphatic carbocycles. The maximum absolute atomic E-state index is 9.97. The zero-order chi connectivity index (χ0) is 16.1. The predicted octanol–water partition coefficient (Wildman–Crippen LogP) is 6.21. The second-order valence-electron chi connectivity index (χ2n) is 6.46. The van der Waals surface area contributed by atoms with Gasteiger partial charge >= 0.3 is 0 Å². The molecule has 146 valence electrons. The van der Waals surface area contributed by atoms with Crippen LogP contribution >= 0.6 is 0 Å². The number of rotatable bonds is 9. The molecule has 24 heavy (non-hydrogen) atoms. The molecule has 0 saturated heterocycles. The fourth-order valence-corrected chi connectivity index (χ4v) is 4.08. The lowest BCUT2D eigenvalue weighted by Gasteiger charge is -2.15. The van der Waals surface area contributed by atoms with Crippen molar-refractivity contribution in [3.63, 3.8) is 0 Å². The number of unbranched alkanes of at least 4 members (excludes halogenated alkanes) is 2. The predicted molar refractivity (Wildman–Crippen MR) is 119 cm³/mol. The van der Waals surface area contributed by atoms with Crippen LogP contribution in [0.3, 0.4) is 0 Å². The van der Waals surface area contributed by atoms with Crippen molar-refractivity contribution in [1.82, 2.24) is 0 Å². The number of nitriles is 1. The molecule has 3 nitrogen and oxygen atoms in total. The molecule has 0 spiro atoms. The fraction of sp³-hybridized carbons (Fsp3) is 0.684. The number of carbonyl (C=O) groups excluding carboxylic acids is 1. The highest BCUT2D eigenvalue weighted by atomic mass is 28.3. The molecule has 0 aliphatic rings. The zero-order valence-electron chi connectivity index (χ0n) is 14.2. The monoisotopic (exact) mass is 375 g/mol. The Labute approximate surface area is 155 Å². The van der Waals surface area contributed by atoms with E-state index in [0.717, 1.165) is 19.1 Å². The summed E-state index contributed by atoms with van der Waals surface area (Å²) in [5.74, 6) is 0. The topological polar surface area (TPSA) is 72.4 Å². The van der Waals surface area contributed by atoms with Crippen molar-refractivity contribution in [2.75, 3.05) is 0 Å². The van der Waals surface area contributed by atoms with Crippen LogP contribution in [0.4, 0.5) is 0 Å². The fourth-order valence-electron chi connectivity index (χ4n) is 1.47. The summed E-state index contributed by atoms with van der Waals surface area (Å²) >= 11 is 0. The van der Waals surface area contributed by atoms with Crippen LogP contribution in [0.15, 0.2) is 24.6 Å². The lowest BCUT2D eigenvalue weighted by atomic mass is 10.4. The molecule has 0 radical (unpaired) electrons. The van der Waals surface area contributed by atoms with Crippen molar-refractivity contribution in [3.8, 4) is 6.07 Å². The first kappa shape index (κ1) is 38.5. The van der Waals surface area contributed by atoms with Gasteiger partial charge in [-0.05, 0) is 12.8 Å². The van der Waals surface area contributed by atoms with Crippen LogP contribution in [0.1, 0.15) is 48.0 Å². The van der Waals surface area contributed by atoms with Crippen LogP contribution in [-0.2, 0) is 4.79 Å². The van der Waals surface area contributed by atoms with Gasteiger partial charge in [-0.25, -0.2) is 0 Å². The van der Waals surface area contributed by atoms with E-state index in [1.165, 1.54) is 12.1 Å². The van der Waals surface area contributed by atoms with Crippen LogP contribution in [0, 0.1) is 11.3 Å². The van der Waals surface area contributed by atoms with Crippen molar-refractivity contribution in [3.05, 3.63) is 24.6 Å². The molecular formula is C19H45NO2Si2. The molecule has 0 aromatic rings. The second kappa shape index (κ2) is 22.0. The van der Waals surface area contributed by atoms with Crippen LogP contribution in [0.2, 0.25) is 38.3 Å². The zero-order valence-corrected chi connectivity index (χ0v) is 16.2. The highest BCUT2D eigenvalue weighted by Crippen LogP contribution is 2.14. The first-order valence-corrected chi connectivity index (χ1v) is 13.9. The summed E-state index contributed by atoms with van der Waals surface area (Å²) in [6.07, 6.45) is 4.48. The summed E-state index contributed by atoms with van der Waals surface area (Å²) < 4.78 is 0. The summed E-state index contributed by atoms with van der Waals surface area (Å²) in [4.78, 5) is 9.97. The van der Waals surface area contributed by atoms with Gasteiger partial charge in [0, 0.05) is 12.8 Å². The van der Waals surface area contributed by atoms with E-state index in [0.29, 0.717) is 12.8 Å². The smallest absolute Gasteiger partial charge is 0.119 e. The van der Waals surface area contributed by atoms with E-state index in [1.54, 1.807) is 0 Å². The van der Waals surface area contributed by atoms with Gasteiger partial charge in [-0.2, -0.15) is 5.26 Å². The molecule has 0 aliphatic heterocycles. The molecule has 0 fully saturated rings. The Morgan fingerprint density at radius 1 is 0.917 bits per heavy atom. The molecule has 0 atom stereocenters. The first-order chi connectivity index (χ1) is 9.24. The third-order valence-corrected chi connectivity index (χ3v) is 8.85. The maximum Gasteiger partial charge on any atom is 0.119 e. The van der Waals surface area contributed by atoms with E-state index in [-0.39, 0.29) is 27.8 Å². The Hall–Kier alpha value is -0.966. The van der Waals surface area contributed by atoms with Crippen LogP contribution in [0.25, 0.3) is 0 Å². The first-order valence-electron chi connectivity index (χ1n) is 7.32. The maximum atomic E-state index is 9.97. The Morgan fingerprint density at radius 2 is 1.29 bits per heavy atom. The van der Waals surface area contributed by atoms with Crippen LogP contribution < -0.4 is 0 Å². The van der Waals surface area contributed by atoms with Gasteiger partial charge in [0.25, 0.3) is 0 Å². The average molecular weight is 376 g/mol. The van der Waals surface area contributed by atoms with Gasteiger partial charge < -0.3 is 10.3 Å². The molecule has 0 heterocycles. The highest BCUT2D eigenvalue weighted by molar-refractivity contribution is 6.82. The van der Waals surface area contributed by atoms with Gasteiger partial charge in [0.1, 0.15) is 6.29 Å². The lowest BCUT2D eigenvalue weighted by molar-refractivity contribution is -0.107. The third kappa shape index (κ3) is 29.1. The summed E-state index contributed by atoms with van der Waals surface area (Å²) in [5, 5.41) is 8.28. The van der Waals surface area contributed by atoms with Gasteiger partial charge in [0.05, 0.1) is 22.2 Å². The van der Waals surface area contributed by atoms with Gasteiger partial charge in [-0.3, -0.25) is 0 Å². The molecule has 0 amide bonds. The normalized spacial score (nSPS) is 8.96. The van der Waals surface area contributed by atoms with E-state index < -0.39 is 16.1 Å². The van der Waals surface area contributed by atoms with Crippen molar-refractivity contribution in [2.24, 2.45) is 0 Å². The molecule has 0 aromatic carbocycles. The minimum Gasteiger partial charge on any atom is -0.412 e. The standard InChI is InChI=1S/C8H15NSi.C8H16OSi.3CH4.H2O/c2*1-4-10(2,3)8-6-5-7-9;;;;/h4H,1,5-6,8H2,2-3H3;4,7H,1,5-6,8H2,2-3H3;3*1H4;1H2. The number of hydrogen-bond acceptors (Lipinski definition) is 2. The third-order valence-electron chi connectivity index (χ3n) is 3.36. The van der Waals surface area contributed by atoms with Crippen molar-refractivity contribution in [1.29, 1.82) is 5.26 Å². The van der Waals surface area contributed by atoms with Crippen molar-refractivity contribution in [2.45, 2.75) is 86.2 Å². The molecule has 5 heteroatoms. The molecule has 0 bridgehead atoms. The van der Waals surface area contributed by atoms with Crippen LogP contribution in [-0.4, -0.2) is 27.9 Å². The molecule has 0 unspecified atom stereocenters. The molecular weight excluding hydrogens is 330 g/mol. The van der Waals surface area contributed by atoms with Crippen LogP contribution in [0.5, 0.6) is 0 Å². The van der Waals surface area contributed by atoms with Gasteiger partial charge in [-0.15, -0.1) is 24.6 Å². The van der Waals surface area contributed by atoms with Gasteiger partial charge in [0.15, 0.2) is 0 Å². The van der Waals surface area contributed by atoms with Crippen molar-refractivity contribution >= 4 is 22.4 Å². The Balaban J connectivity index is -0.0000000579. The Morgan fingerprint density at radius 3 is 1.58 bits per heavy atom. The molecule has 0 rings (SSSR count). The largest absolute Gasteiger partial charge is 0.412 e. The Kier molecular flexibility index (Phi) is 35.4.